The number of ether oxygens (including phenoxy) is 3. The third-order valence-electron chi connectivity index (χ3n) is 5.17. The van der Waals surface area contributed by atoms with Gasteiger partial charge in [0.25, 0.3) is 0 Å². The molecule has 1 saturated heterocycles. The number of anilines is 1. The molecule has 0 amide bonds. The Kier molecular flexibility index (Phi) is 6.50. The first kappa shape index (κ1) is 22.6. The first-order valence-corrected chi connectivity index (χ1v) is 10.1. The van der Waals surface area contributed by atoms with Crippen LogP contribution >= 0.6 is 0 Å². The predicted octanol–water partition coefficient (Wildman–Crippen LogP) is 4.11. The van der Waals surface area contributed by atoms with Crippen molar-refractivity contribution in [2.45, 2.75) is 12.6 Å². The van der Waals surface area contributed by atoms with Gasteiger partial charge in [0, 0.05) is 24.5 Å². The van der Waals surface area contributed by atoms with E-state index in [1.807, 2.05) is 24.3 Å². The Morgan fingerprint density at radius 1 is 1.09 bits per heavy atom. The molecular weight excluding hydrogens is 443 g/mol. The maximum Gasteiger partial charge on any atom is 0.490 e. The van der Waals surface area contributed by atoms with E-state index >= 15 is 0 Å². The lowest BCUT2D eigenvalue weighted by Crippen LogP contribution is -2.21. The second-order valence-corrected chi connectivity index (χ2v) is 7.44. The zero-order valence-electron chi connectivity index (χ0n) is 17.3. The molecule has 0 radical (unpaired) electrons. The van der Waals surface area contributed by atoms with Gasteiger partial charge < -0.3 is 24.6 Å². The molecule has 1 aromatic heterocycles. The first-order valence-electron chi connectivity index (χ1n) is 10.1. The van der Waals surface area contributed by atoms with Crippen LogP contribution in [0.2, 0.25) is 0 Å². The molecule has 2 aliphatic rings. The maximum atomic E-state index is 10.6. The number of fused-ring (bicyclic) bond motifs is 2. The number of rotatable bonds is 4. The van der Waals surface area contributed by atoms with Gasteiger partial charge in [-0.15, -0.1) is 0 Å². The molecule has 3 aromatic rings. The number of halogens is 3. The molecule has 0 spiro atoms. The van der Waals surface area contributed by atoms with Gasteiger partial charge in [-0.3, -0.25) is 0 Å². The molecule has 1 atom stereocenters. The average Bonchev–Trinajstić information content (AvgIpc) is 3.48. The van der Waals surface area contributed by atoms with E-state index in [1.54, 1.807) is 6.33 Å². The highest BCUT2D eigenvalue weighted by molar-refractivity contribution is 5.92. The minimum atomic E-state index is -5.08. The summed E-state index contributed by atoms with van der Waals surface area (Å²) in [5.74, 6) is 0.222. The second-order valence-electron chi connectivity index (χ2n) is 7.44. The van der Waals surface area contributed by atoms with Crippen LogP contribution in [0.5, 0.6) is 11.5 Å². The van der Waals surface area contributed by atoms with Gasteiger partial charge in [0.2, 0.25) is 6.79 Å². The van der Waals surface area contributed by atoms with Gasteiger partial charge in [-0.2, -0.15) is 13.2 Å². The van der Waals surface area contributed by atoms with Crippen LogP contribution in [0.15, 0.2) is 42.7 Å². The summed E-state index contributed by atoms with van der Waals surface area (Å²) in [5, 5.41) is 11.6. The van der Waals surface area contributed by atoms with Crippen LogP contribution in [-0.4, -0.2) is 53.8 Å². The zero-order valence-corrected chi connectivity index (χ0v) is 17.3. The van der Waals surface area contributed by atoms with E-state index in [9.17, 15) is 13.2 Å². The summed E-state index contributed by atoms with van der Waals surface area (Å²) in [6.45, 7) is 2.81. The lowest BCUT2D eigenvalue weighted by atomic mass is 10.0. The van der Waals surface area contributed by atoms with Crippen LogP contribution in [-0.2, 0) is 9.53 Å². The highest BCUT2D eigenvalue weighted by Gasteiger charge is 2.38. The Hall–Kier alpha value is -3.60. The molecule has 0 aliphatic carbocycles. The number of carbonyl (C=O) groups is 1. The lowest BCUT2D eigenvalue weighted by molar-refractivity contribution is -0.192. The summed E-state index contributed by atoms with van der Waals surface area (Å²) in [6, 6.07) is 12.2. The number of nitrogens with zero attached hydrogens (tertiary/aromatic N) is 2. The molecule has 174 valence electrons. The van der Waals surface area contributed by atoms with Crippen LogP contribution < -0.4 is 14.8 Å². The Balaban J connectivity index is 0.000000325. The van der Waals surface area contributed by atoms with Crippen molar-refractivity contribution in [1.82, 2.24) is 9.97 Å². The molecule has 2 aliphatic heterocycles. The number of hydrogen-bond acceptors (Lipinski definition) is 7. The van der Waals surface area contributed by atoms with Crippen molar-refractivity contribution in [3.05, 3.63) is 42.7 Å². The minimum absolute atomic E-state index is 0.281. The second kappa shape index (κ2) is 9.49. The van der Waals surface area contributed by atoms with Gasteiger partial charge in [0.05, 0.1) is 12.1 Å². The SMILES string of the molecule is O=C(O)C(F)(F)F.c1nc(NCC2CCOC2)c2cc(-c3ccc4c(c3)OCO4)ccc2n1. The number of benzene rings is 2. The average molecular weight is 463 g/mol. The number of aliphatic carboxylic acids is 1. The quantitative estimate of drug-likeness (QED) is 0.596. The molecule has 0 bridgehead atoms. The van der Waals surface area contributed by atoms with Crippen molar-refractivity contribution in [2.75, 3.05) is 31.9 Å². The number of alkyl halides is 3. The van der Waals surface area contributed by atoms with E-state index in [-0.39, 0.29) is 6.79 Å². The molecule has 3 heterocycles. The normalized spacial score (nSPS) is 16.9. The first-order chi connectivity index (χ1) is 15.8. The fourth-order valence-corrected chi connectivity index (χ4v) is 3.44. The molecule has 8 nitrogen and oxygen atoms in total. The van der Waals surface area contributed by atoms with Crippen molar-refractivity contribution in [2.24, 2.45) is 5.92 Å². The van der Waals surface area contributed by atoms with Gasteiger partial charge in [-0.25, -0.2) is 14.8 Å². The predicted molar refractivity (Wildman–Crippen MR) is 112 cm³/mol. The van der Waals surface area contributed by atoms with Crippen molar-refractivity contribution in [3.63, 3.8) is 0 Å². The summed E-state index contributed by atoms with van der Waals surface area (Å²) in [5.41, 5.74) is 3.10. The maximum absolute atomic E-state index is 10.6. The molecule has 5 rings (SSSR count). The van der Waals surface area contributed by atoms with Gasteiger partial charge >= 0.3 is 12.1 Å². The summed E-state index contributed by atoms with van der Waals surface area (Å²) in [4.78, 5) is 17.7. The standard InChI is InChI=1S/C20H19N3O3.C2HF3O2/c1-3-17-16(20(23-11-22-17)21-9-13-5-6-24-10-13)7-14(1)15-2-4-18-19(8-15)26-12-25-18;3-2(4,5)1(6)7/h1-4,7-8,11,13H,5-6,9-10,12H2,(H,21,22,23);(H,6,7). The van der Waals surface area contributed by atoms with Crippen LogP contribution in [0.1, 0.15) is 6.42 Å². The molecular formula is C22H20F3N3O5. The summed E-state index contributed by atoms with van der Waals surface area (Å²) >= 11 is 0. The van der Waals surface area contributed by atoms with E-state index in [4.69, 9.17) is 24.1 Å². The number of nitrogens with one attached hydrogen (secondary N) is 1. The Morgan fingerprint density at radius 3 is 2.55 bits per heavy atom. The Morgan fingerprint density at radius 2 is 1.82 bits per heavy atom. The molecule has 1 fully saturated rings. The molecule has 2 N–H and O–H groups in total. The molecule has 2 aromatic carbocycles. The van der Waals surface area contributed by atoms with Gasteiger partial charge in [-0.05, 0) is 41.8 Å². The van der Waals surface area contributed by atoms with Crippen molar-refractivity contribution in [1.29, 1.82) is 0 Å². The van der Waals surface area contributed by atoms with E-state index in [1.165, 1.54) is 0 Å². The summed E-state index contributed by atoms with van der Waals surface area (Å²) < 4.78 is 48.1. The third-order valence-corrected chi connectivity index (χ3v) is 5.17. The summed E-state index contributed by atoms with van der Waals surface area (Å²) in [6.07, 6.45) is -2.38. The van der Waals surface area contributed by atoms with Crippen LogP contribution in [0, 0.1) is 5.92 Å². The minimum Gasteiger partial charge on any atom is -0.475 e. The van der Waals surface area contributed by atoms with Crippen LogP contribution in [0.3, 0.4) is 0 Å². The molecule has 33 heavy (non-hydrogen) atoms. The van der Waals surface area contributed by atoms with Gasteiger partial charge in [0.1, 0.15) is 12.1 Å². The van der Waals surface area contributed by atoms with E-state index < -0.39 is 12.1 Å². The molecule has 1 unspecified atom stereocenters. The molecule has 0 saturated carbocycles. The van der Waals surface area contributed by atoms with Crippen molar-refractivity contribution in [3.8, 4) is 22.6 Å². The van der Waals surface area contributed by atoms with Crippen molar-refractivity contribution >= 4 is 22.7 Å². The fourth-order valence-electron chi connectivity index (χ4n) is 3.44. The zero-order chi connectivity index (χ0) is 23.4. The van der Waals surface area contributed by atoms with Crippen molar-refractivity contribution < 1.29 is 37.3 Å². The lowest BCUT2D eigenvalue weighted by Gasteiger charge is -2.12. The van der Waals surface area contributed by atoms with E-state index in [0.717, 1.165) is 65.5 Å². The summed E-state index contributed by atoms with van der Waals surface area (Å²) in [7, 11) is 0. The number of hydrogen-bond donors (Lipinski definition) is 2. The molecule has 11 heteroatoms. The van der Waals surface area contributed by atoms with Crippen LogP contribution in [0.25, 0.3) is 22.0 Å². The number of carboxylic acids is 1. The smallest absolute Gasteiger partial charge is 0.475 e. The van der Waals surface area contributed by atoms with Gasteiger partial charge in [0.15, 0.2) is 11.5 Å². The Labute approximate surface area is 186 Å². The number of aromatic nitrogens is 2. The van der Waals surface area contributed by atoms with E-state index in [2.05, 4.69) is 27.4 Å². The highest BCUT2D eigenvalue weighted by atomic mass is 19.4. The van der Waals surface area contributed by atoms with Gasteiger partial charge in [-0.1, -0.05) is 12.1 Å². The Bertz CT molecular complexity index is 1150. The van der Waals surface area contributed by atoms with E-state index in [0.29, 0.717) is 5.92 Å². The fraction of sp³-hybridized carbons (Fsp3) is 0.318. The monoisotopic (exact) mass is 463 g/mol. The van der Waals surface area contributed by atoms with Crippen LogP contribution in [0.4, 0.5) is 19.0 Å². The highest BCUT2D eigenvalue weighted by Crippen LogP contribution is 2.37. The largest absolute Gasteiger partial charge is 0.490 e. The topological polar surface area (TPSA) is 103 Å². The third kappa shape index (κ3) is 5.43. The number of carboxylic acid groups (broad SMARTS) is 1.